The van der Waals surface area contributed by atoms with Gasteiger partial charge in [0.05, 0.1) is 0 Å². The Balaban J connectivity index is 2.56. The van der Waals surface area contributed by atoms with E-state index < -0.39 is 0 Å². The van der Waals surface area contributed by atoms with Gasteiger partial charge in [-0.1, -0.05) is 0 Å². The predicted molar refractivity (Wildman–Crippen MR) is 39.9 cm³/mol. The molecule has 1 aliphatic carbocycles. The molecule has 0 atom stereocenters. The monoisotopic (exact) mass is 120 g/mol. The fourth-order valence-corrected chi connectivity index (χ4v) is 0.893. The Morgan fingerprint density at radius 2 is 1.78 bits per heavy atom. The van der Waals surface area contributed by atoms with Gasteiger partial charge in [-0.2, -0.15) is 0 Å². The summed E-state index contributed by atoms with van der Waals surface area (Å²) in [7, 11) is 6.25. The number of hydrogen-bond donors (Lipinski definition) is 0. The summed E-state index contributed by atoms with van der Waals surface area (Å²) in [4.78, 5) is 0. The molecule has 0 radical (unpaired) electrons. The van der Waals surface area contributed by atoms with Gasteiger partial charge in [-0.3, -0.25) is 0 Å². The maximum atomic E-state index is 2.17. The maximum absolute atomic E-state index is 2.17. The molecule has 46 valence electrons. The average Bonchev–Trinajstić information content (AvgIpc) is 2.15. The fraction of sp³-hybridized carbons (Fsp3) is 0.429. The van der Waals surface area contributed by atoms with E-state index in [4.69, 9.17) is 0 Å². The summed E-state index contributed by atoms with van der Waals surface area (Å²) in [5, 5.41) is 0. The van der Waals surface area contributed by atoms with Crippen molar-refractivity contribution in [3.63, 3.8) is 0 Å². The molecule has 0 amide bonds. The minimum absolute atomic E-state index is 0.528. The van der Waals surface area contributed by atoms with Crippen LogP contribution < -0.4 is 0 Å². The second kappa shape index (κ2) is 2.76. The number of allylic oxidation sites excluding steroid dienone is 4. The van der Waals surface area contributed by atoms with E-state index >= 15 is 0 Å². The van der Waals surface area contributed by atoms with Crippen LogP contribution in [0.25, 0.3) is 0 Å². The molecule has 0 aromatic rings. The van der Waals surface area contributed by atoms with E-state index in [0.29, 0.717) is 5.82 Å². The summed E-state index contributed by atoms with van der Waals surface area (Å²) in [6, 6.07) is 0. The molecule has 0 aromatic carbocycles. The summed E-state index contributed by atoms with van der Waals surface area (Å²) >= 11 is 0. The first kappa shape index (κ1) is 6.46. The molecule has 0 aromatic heterocycles. The Morgan fingerprint density at radius 3 is 2.22 bits per heavy atom. The summed E-state index contributed by atoms with van der Waals surface area (Å²) in [5.74, 6) is 0.528. The third-order valence-corrected chi connectivity index (χ3v) is 1.25. The van der Waals surface area contributed by atoms with E-state index in [1.807, 2.05) is 14.1 Å². The third-order valence-electron chi connectivity index (χ3n) is 1.25. The molecule has 0 saturated heterocycles. The number of nitrogens with zero attached hydrogens (tertiary/aromatic N) is 1. The molecular formula is C7H11BN+. The molecule has 0 bridgehead atoms. The first-order valence-corrected chi connectivity index (χ1v) is 3.15. The van der Waals surface area contributed by atoms with Crippen LogP contribution >= 0.6 is 0 Å². The van der Waals surface area contributed by atoms with Crippen LogP contribution in [0, 0.1) is 0 Å². The Hall–Kier alpha value is -0.655. The standard InChI is InChI=1S/C7H11BN/c1-9(2)8-7-5-3-4-6-7/h3-7H,1-2H3/q+1. The van der Waals surface area contributed by atoms with Crippen molar-refractivity contribution in [3.8, 4) is 0 Å². The van der Waals surface area contributed by atoms with Crippen molar-refractivity contribution in [1.82, 2.24) is 0 Å². The molecule has 0 saturated carbocycles. The zero-order valence-electron chi connectivity index (χ0n) is 5.91. The van der Waals surface area contributed by atoms with Gasteiger partial charge >= 0.3 is 55.8 Å². The predicted octanol–water partition coefficient (Wildman–Crippen LogP) is 1.06. The van der Waals surface area contributed by atoms with E-state index in [-0.39, 0.29) is 0 Å². The van der Waals surface area contributed by atoms with E-state index in [9.17, 15) is 0 Å². The summed E-state index contributed by atoms with van der Waals surface area (Å²) in [6.07, 6.45) is 8.48. The molecule has 0 heterocycles. The van der Waals surface area contributed by atoms with Gasteiger partial charge in [0.2, 0.25) is 0 Å². The van der Waals surface area contributed by atoms with Crippen molar-refractivity contribution < 1.29 is 4.48 Å². The first-order chi connectivity index (χ1) is 4.29. The van der Waals surface area contributed by atoms with E-state index in [2.05, 4.69) is 35.9 Å². The third kappa shape index (κ3) is 1.96. The summed E-state index contributed by atoms with van der Waals surface area (Å²) in [6.45, 7) is 0. The van der Waals surface area contributed by atoms with Gasteiger partial charge < -0.3 is 0 Å². The Morgan fingerprint density at radius 1 is 1.22 bits per heavy atom. The van der Waals surface area contributed by atoms with Crippen molar-refractivity contribution in [2.45, 2.75) is 5.82 Å². The zero-order chi connectivity index (χ0) is 6.69. The molecule has 1 aliphatic rings. The SMILES string of the molecule is C[N+](C)=BC1C=CC=C1. The number of hydrogen-bond acceptors (Lipinski definition) is 0. The van der Waals surface area contributed by atoms with Crippen molar-refractivity contribution in [1.29, 1.82) is 0 Å². The Labute approximate surface area is 56.6 Å². The van der Waals surface area contributed by atoms with E-state index in [1.54, 1.807) is 0 Å². The fourth-order valence-electron chi connectivity index (χ4n) is 0.893. The van der Waals surface area contributed by atoms with Crippen LogP contribution in [0.3, 0.4) is 0 Å². The van der Waals surface area contributed by atoms with Crippen molar-refractivity contribution in [2.75, 3.05) is 14.1 Å². The molecule has 0 fully saturated rings. The molecule has 0 spiro atoms. The van der Waals surface area contributed by atoms with Gasteiger partial charge in [-0.05, 0) is 0 Å². The molecular weight excluding hydrogens is 109 g/mol. The van der Waals surface area contributed by atoms with Crippen LogP contribution in [0.2, 0.25) is 5.82 Å². The molecule has 0 unspecified atom stereocenters. The van der Waals surface area contributed by atoms with Crippen LogP contribution in [0.1, 0.15) is 0 Å². The van der Waals surface area contributed by atoms with Crippen molar-refractivity contribution in [2.24, 2.45) is 0 Å². The Kier molecular flexibility index (Phi) is 1.98. The van der Waals surface area contributed by atoms with Crippen LogP contribution in [-0.2, 0) is 0 Å². The average molecular weight is 120 g/mol. The van der Waals surface area contributed by atoms with Gasteiger partial charge in [-0.15, -0.1) is 0 Å². The number of rotatable bonds is 1. The zero-order valence-corrected chi connectivity index (χ0v) is 5.91. The second-order valence-electron chi connectivity index (χ2n) is 2.46. The molecule has 0 N–H and O–H groups in total. The Bertz CT molecular complexity index is 163. The molecule has 2 heteroatoms. The van der Waals surface area contributed by atoms with Gasteiger partial charge in [-0.25, -0.2) is 0 Å². The first-order valence-electron chi connectivity index (χ1n) is 3.15. The van der Waals surface area contributed by atoms with Crippen LogP contribution in [0.5, 0.6) is 0 Å². The van der Waals surface area contributed by atoms with E-state index in [1.165, 1.54) is 0 Å². The molecule has 1 nitrogen and oxygen atoms in total. The van der Waals surface area contributed by atoms with Crippen molar-refractivity contribution >= 4 is 7.07 Å². The minimum atomic E-state index is 0.528. The quantitative estimate of drug-likeness (QED) is 0.455. The van der Waals surface area contributed by atoms with E-state index in [0.717, 1.165) is 0 Å². The molecule has 1 rings (SSSR count). The van der Waals surface area contributed by atoms with Crippen molar-refractivity contribution in [3.05, 3.63) is 24.3 Å². The van der Waals surface area contributed by atoms with Gasteiger partial charge in [0.15, 0.2) is 0 Å². The molecule has 0 aliphatic heterocycles. The van der Waals surface area contributed by atoms with Crippen LogP contribution in [0.15, 0.2) is 24.3 Å². The summed E-state index contributed by atoms with van der Waals surface area (Å²) < 4.78 is 2.07. The van der Waals surface area contributed by atoms with Crippen LogP contribution in [0.4, 0.5) is 0 Å². The molecule has 9 heavy (non-hydrogen) atoms. The van der Waals surface area contributed by atoms with Gasteiger partial charge in [0.1, 0.15) is 0 Å². The van der Waals surface area contributed by atoms with Gasteiger partial charge in [0, 0.05) is 0 Å². The van der Waals surface area contributed by atoms with Crippen LogP contribution in [-0.4, -0.2) is 25.6 Å². The van der Waals surface area contributed by atoms with Gasteiger partial charge in [0.25, 0.3) is 0 Å². The topological polar surface area (TPSA) is 3.01 Å². The second-order valence-corrected chi connectivity index (χ2v) is 2.46. The summed E-state index contributed by atoms with van der Waals surface area (Å²) in [5.41, 5.74) is 0. The normalized spacial score (nSPS) is 16.2.